The molecular weight excluding hydrogens is 463 g/mol. The van der Waals surface area contributed by atoms with Gasteiger partial charge in [-0.3, -0.25) is 9.36 Å². The van der Waals surface area contributed by atoms with E-state index in [1.165, 1.54) is 11.8 Å². The molecule has 0 aliphatic rings. The van der Waals surface area contributed by atoms with Gasteiger partial charge < -0.3 is 5.32 Å². The van der Waals surface area contributed by atoms with Crippen molar-refractivity contribution >= 4 is 46.6 Å². The first-order valence-electron chi connectivity index (χ1n) is 9.88. The summed E-state index contributed by atoms with van der Waals surface area (Å²) in [4.78, 5) is 12.6. The fraction of sp³-hybridized carbons (Fsp3) is 0.125. The molecule has 1 amide bonds. The number of hydrogen-bond acceptors (Lipinski definition) is 4. The Hall–Kier alpha value is -2.80. The van der Waals surface area contributed by atoms with Gasteiger partial charge in [0.2, 0.25) is 5.91 Å². The fourth-order valence-electron chi connectivity index (χ4n) is 3.25. The van der Waals surface area contributed by atoms with Crippen LogP contribution in [0.4, 0.5) is 5.69 Å². The molecule has 1 heterocycles. The number of aryl methyl sites for hydroxylation is 2. The van der Waals surface area contributed by atoms with Gasteiger partial charge in [-0.05, 0) is 54.8 Å². The lowest BCUT2D eigenvalue weighted by molar-refractivity contribution is -0.113. The largest absolute Gasteiger partial charge is 0.324 e. The van der Waals surface area contributed by atoms with Gasteiger partial charge in [0.25, 0.3) is 0 Å². The molecular formula is C24H20Cl2N4OS. The summed E-state index contributed by atoms with van der Waals surface area (Å²) in [5, 5.41) is 12.9. The number of carbonyl (C=O) groups excluding carboxylic acids is 1. The monoisotopic (exact) mass is 482 g/mol. The van der Waals surface area contributed by atoms with Crippen LogP contribution in [0.5, 0.6) is 0 Å². The van der Waals surface area contributed by atoms with Gasteiger partial charge >= 0.3 is 0 Å². The van der Waals surface area contributed by atoms with Gasteiger partial charge in [0.15, 0.2) is 5.16 Å². The molecule has 5 nitrogen and oxygen atoms in total. The standard InChI is InChI=1S/C24H20Cl2N4OS/c1-15-8-11-22(20(26)12-15)30-16(2)28-29-24(30)32-14-23(31)27-21-10-9-18(13-19(21)25)17-6-4-3-5-7-17/h3-13H,14H2,1-2H3,(H,27,31). The minimum atomic E-state index is -0.188. The SMILES string of the molecule is Cc1ccc(-n2c(C)nnc2SCC(=O)Nc2ccc(-c3ccccc3)cc2Cl)c(Cl)c1. The fourth-order valence-corrected chi connectivity index (χ4v) is 4.59. The highest BCUT2D eigenvalue weighted by Crippen LogP contribution is 2.30. The number of hydrogen-bond donors (Lipinski definition) is 1. The number of benzene rings is 3. The summed E-state index contributed by atoms with van der Waals surface area (Å²) in [5.74, 6) is 0.656. The Morgan fingerprint density at radius 2 is 1.72 bits per heavy atom. The average Bonchev–Trinajstić information content (AvgIpc) is 3.14. The van der Waals surface area contributed by atoms with Crippen molar-refractivity contribution in [2.75, 3.05) is 11.1 Å². The summed E-state index contributed by atoms with van der Waals surface area (Å²) in [6.07, 6.45) is 0. The molecule has 0 saturated heterocycles. The lowest BCUT2D eigenvalue weighted by Gasteiger charge is -2.11. The highest BCUT2D eigenvalue weighted by molar-refractivity contribution is 7.99. The zero-order valence-corrected chi connectivity index (χ0v) is 19.8. The van der Waals surface area contributed by atoms with E-state index in [-0.39, 0.29) is 11.7 Å². The first-order chi connectivity index (χ1) is 15.4. The Morgan fingerprint density at radius 3 is 2.44 bits per heavy atom. The highest BCUT2D eigenvalue weighted by atomic mass is 35.5. The summed E-state index contributed by atoms with van der Waals surface area (Å²) in [6, 6.07) is 21.3. The number of anilines is 1. The van der Waals surface area contributed by atoms with Crippen LogP contribution in [0.25, 0.3) is 16.8 Å². The zero-order chi connectivity index (χ0) is 22.7. The van der Waals surface area contributed by atoms with E-state index in [4.69, 9.17) is 23.2 Å². The molecule has 3 aromatic carbocycles. The Balaban J connectivity index is 1.45. The Labute approximate surface area is 200 Å². The predicted molar refractivity (Wildman–Crippen MR) is 132 cm³/mol. The summed E-state index contributed by atoms with van der Waals surface area (Å²) in [6.45, 7) is 3.83. The smallest absolute Gasteiger partial charge is 0.234 e. The lowest BCUT2D eigenvalue weighted by atomic mass is 10.1. The van der Waals surface area contributed by atoms with Crippen molar-refractivity contribution in [2.45, 2.75) is 19.0 Å². The number of nitrogens with one attached hydrogen (secondary N) is 1. The molecule has 1 aromatic heterocycles. The second kappa shape index (κ2) is 9.77. The van der Waals surface area contributed by atoms with E-state index in [9.17, 15) is 4.79 Å². The third kappa shape index (κ3) is 4.99. The van der Waals surface area contributed by atoms with Crippen LogP contribution in [0.2, 0.25) is 10.0 Å². The summed E-state index contributed by atoms with van der Waals surface area (Å²) in [7, 11) is 0. The van der Waals surface area contributed by atoms with Crippen LogP contribution in [0, 0.1) is 13.8 Å². The van der Waals surface area contributed by atoms with Gasteiger partial charge in [-0.15, -0.1) is 10.2 Å². The molecule has 1 N–H and O–H groups in total. The molecule has 4 aromatic rings. The van der Waals surface area contributed by atoms with Crippen LogP contribution in [-0.2, 0) is 4.79 Å². The highest BCUT2D eigenvalue weighted by Gasteiger charge is 2.16. The number of aromatic nitrogens is 3. The third-order valence-electron chi connectivity index (χ3n) is 4.82. The number of nitrogens with zero attached hydrogens (tertiary/aromatic N) is 3. The van der Waals surface area contributed by atoms with Crippen LogP contribution in [0.15, 0.2) is 71.9 Å². The predicted octanol–water partition coefficient (Wildman–Crippen LogP) is 6.59. The summed E-state index contributed by atoms with van der Waals surface area (Å²) < 4.78 is 1.85. The van der Waals surface area contributed by atoms with Crippen molar-refractivity contribution in [3.8, 4) is 16.8 Å². The topological polar surface area (TPSA) is 59.8 Å². The molecule has 0 saturated carbocycles. The van der Waals surface area contributed by atoms with E-state index in [0.29, 0.717) is 26.7 Å². The van der Waals surface area contributed by atoms with E-state index in [2.05, 4.69) is 15.5 Å². The van der Waals surface area contributed by atoms with Gasteiger partial charge in [-0.2, -0.15) is 0 Å². The first kappa shape index (κ1) is 22.4. The molecule has 0 radical (unpaired) electrons. The van der Waals surface area contributed by atoms with Crippen molar-refractivity contribution in [1.29, 1.82) is 0 Å². The van der Waals surface area contributed by atoms with Gasteiger partial charge in [-0.1, -0.05) is 77.4 Å². The van der Waals surface area contributed by atoms with E-state index in [0.717, 1.165) is 22.4 Å². The molecule has 0 unspecified atom stereocenters. The molecule has 162 valence electrons. The van der Waals surface area contributed by atoms with Crippen molar-refractivity contribution in [3.63, 3.8) is 0 Å². The molecule has 0 atom stereocenters. The van der Waals surface area contributed by atoms with Gasteiger partial charge in [0.05, 0.1) is 27.2 Å². The molecule has 0 fully saturated rings. The molecule has 0 bridgehead atoms. The van der Waals surface area contributed by atoms with Gasteiger partial charge in [-0.25, -0.2) is 0 Å². The minimum absolute atomic E-state index is 0.151. The zero-order valence-electron chi connectivity index (χ0n) is 17.5. The van der Waals surface area contributed by atoms with Crippen LogP contribution in [-0.4, -0.2) is 26.4 Å². The molecule has 0 aliphatic heterocycles. The maximum absolute atomic E-state index is 12.6. The van der Waals surface area contributed by atoms with Crippen molar-refractivity contribution in [1.82, 2.24) is 14.8 Å². The molecule has 8 heteroatoms. The number of carbonyl (C=O) groups is 1. The van der Waals surface area contributed by atoms with Gasteiger partial charge in [0, 0.05) is 0 Å². The van der Waals surface area contributed by atoms with Crippen LogP contribution < -0.4 is 5.32 Å². The Kier molecular flexibility index (Phi) is 6.84. The molecule has 0 spiro atoms. The third-order valence-corrected chi connectivity index (χ3v) is 6.37. The van der Waals surface area contributed by atoms with Gasteiger partial charge in [0.1, 0.15) is 5.82 Å². The van der Waals surface area contributed by atoms with Crippen molar-refractivity contribution in [3.05, 3.63) is 88.2 Å². The maximum atomic E-state index is 12.6. The minimum Gasteiger partial charge on any atom is -0.324 e. The average molecular weight is 483 g/mol. The van der Waals surface area contributed by atoms with Crippen molar-refractivity contribution in [2.24, 2.45) is 0 Å². The molecule has 32 heavy (non-hydrogen) atoms. The Bertz CT molecular complexity index is 1270. The van der Waals surface area contributed by atoms with Crippen LogP contribution in [0.3, 0.4) is 0 Å². The van der Waals surface area contributed by atoms with E-state index < -0.39 is 0 Å². The normalized spacial score (nSPS) is 10.9. The second-order valence-corrected chi connectivity index (χ2v) is 8.97. The molecule has 4 rings (SSSR count). The summed E-state index contributed by atoms with van der Waals surface area (Å²) >= 11 is 14.1. The van der Waals surface area contributed by atoms with Crippen LogP contribution >= 0.6 is 35.0 Å². The maximum Gasteiger partial charge on any atom is 0.234 e. The Morgan fingerprint density at radius 1 is 0.938 bits per heavy atom. The van der Waals surface area contributed by atoms with Crippen molar-refractivity contribution < 1.29 is 4.79 Å². The first-order valence-corrected chi connectivity index (χ1v) is 11.6. The molecule has 0 aliphatic carbocycles. The lowest BCUT2D eigenvalue weighted by Crippen LogP contribution is -2.15. The number of thioether (sulfide) groups is 1. The number of rotatable bonds is 6. The number of amides is 1. The van der Waals surface area contributed by atoms with E-state index in [1.807, 2.05) is 85.1 Å². The quantitative estimate of drug-likeness (QED) is 0.315. The second-order valence-electron chi connectivity index (χ2n) is 7.22. The number of halogens is 2. The van der Waals surface area contributed by atoms with Crippen LogP contribution in [0.1, 0.15) is 11.4 Å². The van der Waals surface area contributed by atoms with E-state index in [1.54, 1.807) is 0 Å². The van der Waals surface area contributed by atoms with E-state index >= 15 is 0 Å². The summed E-state index contributed by atoms with van der Waals surface area (Å²) in [5.41, 5.74) is 4.46.